The highest BCUT2D eigenvalue weighted by molar-refractivity contribution is 6.45. The average molecular weight is 310 g/mol. The molecule has 23 heavy (non-hydrogen) atoms. The number of fused-ring (bicyclic) bond motifs is 1. The van der Waals surface area contributed by atoms with Gasteiger partial charge in [-0.1, -0.05) is 18.2 Å². The van der Waals surface area contributed by atoms with Gasteiger partial charge in [0.2, 0.25) is 5.91 Å². The van der Waals surface area contributed by atoms with Gasteiger partial charge in [0.1, 0.15) is 18.0 Å². The lowest BCUT2D eigenvalue weighted by Crippen LogP contribution is -2.17. The number of benzene rings is 2. The number of anilines is 1. The van der Waals surface area contributed by atoms with E-state index in [2.05, 4.69) is 10.3 Å². The van der Waals surface area contributed by atoms with Crippen LogP contribution in [0.5, 0.6) is 11.5 Å². The Morgan fingerprint density at radius 1 is 1.13 bits per heavy atom. The van der Waals surface area contributed by atoms with E-state index in [4.69, 9.17) is 9.47 Å². The van der Waals surface area contributed by atoms with Crippen molar-refractivity contribution in [2.45, 2.75) is 0 Å². The molecule has 3 rings (SSSR count). The summed E-state index contributed by atoms with van der Waals surface area (Å²) in [6.07, 6.45) is 0. The van der Waals surface area contributed by atoms with Crippen molar-refractivity contribution in [3.05, 3.63) is 54.1 Å². The van der Waals surface area contributed by atoms with E-state index in [0.717, 1.165) is 0 Å². The lowest BCUT2D eigenvalue weighted by atomic mass is 10.1. The molecule has 1 heterocycles. The smallest absolute Gasteiger partial charge is 0.356 e. The standard InChI is InChI=1S/C17H14N2O4/c1-22-17(21)16-13-9-12(23-11-5-3-2-4-6-11)7-8-14(13)19-15(20)10-18-16/h2-9H,10H2,1H3,(H,19,20). The molecule has 0 spiro atoms. The molecular formula is C17H14N2O4. The zero-order valence-corrected chi connectivity index (χ0v) is 12.4. The zero-order chi connectivity index (χ0) is 16.2. The first-order valence-corrected chi connectivity index (χ1v) is 6.97. The molecule has 0 saturated heterocycles. The summed E-state index contributed by atoms with van der Waals surface area (Å²) >= 11 is 0. The largest absolute Gasteiger partial charge is 0.464 e. The Bertz CT molecular complexity index is 784. The third-order valence-electron chi connectivity index (χ3n) is 3.26. The second kappa shape index (κ2) is 6.31. The summed E-state index contributed by atoms with van der Waals surface area (Å²) in [5.74, 6) is 0.311. The molecule has 0 fully saturated rings. The van der Waals surface area contributed by atoms with Gasteiger partial charge in [0.15, 0.2) is 5.71 Å². The molecule has 0 saturated carbocycles. The maximum absolute atomic E-state index is 11.9. The van der Waals surface area contributed by atoms with Gasteiger partial charge in [0.25, 0.3) is 0 Å². The molecule has 116 valence electrons. The summed E-state index contributed by atoms with van der Waals surface area (Å²) in [7, 11) is 1.27. The summed E-state index contributed by atoms with van der Waals surface area (Å²) in [6.45, 7) is -0.131. The Morgan fingerprint density at radius 3 is 2.65 bits per heavy atom. The highest BCUT2D eigenvalue weighted by Gasteiger charge is 2.23. The van der Waals surface area contributed by atoms with Gasteiger partial charge in [0.05, 0.1) is 12.8 Å². The van der Waals surface area contributed by atoms with E-state index in [1.54, 1.807) is 18.2 Å². The molecule has 0 atom stereocenters. The summed E-state index contributed by atoms with van der Waals surface area (Å²) < 4.78 is 10.5. The van der Waals surface area contributed by atoms with Crippen LogP contribution in [-0.2, 0) is 14.3 Å². The number of methoxy groups -OCH3 is 1. The molecule has 0 radical (unpaired) electrons. The number of para-hydroxylation sites is 1. The van der Waals surface area contributed by atoms with Gasteiger partial charge in [-0.25, -0.2) is 4.79 Å². The summed E-state index contributed by atoms with van der Waals surface area (Å²) in [4.78, 5) is 27.6. The molecule has 1 amide bonds. The van der Waals surface area contributed by atoms with Crippen molar-refractivity contribution in [1.29, 1.82) is 0 Å². The molecule has 1 aliphatic heterocycles. The van der Waals surface area contributed by atoms with Crippen molar-refractivity contribution in [1.82, 2.24) is 0 Å². The van der Waals surface area contributed by atoms with Crippen molar-refractivity contribution in [3.8, 4) is 11.5 Å². The molecule has 0 unspecified atom stereocenters. The fourth-order valence-electron chi connectivity index (χ4n) is 2.21. The van der Waals surface area contributed by atoms with Crippen LogP contribution in [0.4, 0.5) is 5.69 Å². The second-order valence-electron chi connectivity index (χ2n) is 4.83. The van der Waals surface area contributed by atoms with Gasteiger partial charge in [0, 0.05) is 5.56 Å². The predicted octanol–water partition coefficient (Wildman–Crippen LogP) is 2.39. The molecule has 1 N–H and O–H groups in total. The van der Waals surface area contributed by atoms with Crippen LogP contribution in [0.25, 0.3) is 0 Å². The summed E-state index contributed by atoms with van der Waals surface area (Å²) in [6, 6.07) is 14.3. The van der Waals surface area contributed by atoms with Crippen molar-refractivity contribution in [3.63, 3.8) is 0 Å². The minimum atomic E-state index is -0.598. The number of esters is 1. The molecule has 6 heteroatoms. The first-order valence-electron chi connectivity index (χ1n) is 6.97. The first-order chi connectivity index (χ1) is 11.2. The molecule has 2 aromatic carbocycles. The molecule has 0 bridgehead atoms. The maximum atomic E-state index is 11.9. The lowest BCUT2D eigenvalue weighted by molar-refractivity contribution is -0.132. The average Bonchev–Trinajstić information content (AvgIpc) is 2.73. The minimum Gasteiger partial charge on any atom is -0.464 e. The van der Waals surface area contributed by atoms with E-state index in [0.29, 0.717) is 22.7 Å². The number of carbonyl (C=O) groups is 2. The van der Waals surface area contributed by atoms with Gasteiger partial charge in [-0.15, -0.1) is 0 Å². The van der Waals surface area contributed by atoms with Gasteiger partial charge < -0.3 is 14.8 Å². The summed E-state index contributed by atoms with van der Waals surface area (Å²) in [5.41, 5.74) is 1.06. The number of hydrogen-bond donors (Lipinski definition) is 1. The SMILES string of the molecule is COC(=O)C1=NCC(=O)Nc2ccc(Oc3ccccc3)cc21. The second-order valence-corrected chi connectivity index (χ2v) is 4.83. The normalized spacial score (nSPS) is 13.3. The highest BCUT2D eigenvalue weighted by Crippen LogP contribution is 2.28. The van der Waals surface area contributed by atoms with E-state index < -0.39 is 5.97 Å². The number of aliphatic imine (C=N–C) groups is 1. The Morgan fingerprint density at radius 2 is 1.91 bits per heavy atom. The molecule has 2 aromatic rings. The van der Waals surface area contributed by atoms with Gasteiger partial charge in [-0.3, -0.25) is 9.79 Å². The van der Waals surface area contributed by atoms with Crippen molar-refractivity contribution >= 4 is 23.3 Å². The van der Waals surface area contributed by atoms with E-state index in [9.17, 15) is 9.59 Å². The molecule has 1 aliphatic rings. The van der Waals surface area contributed by atoms with E-state index in [-0.39, 0.29) is 18.2 Å². The Hall–Kier alpha value is -3.15. The fraction of sp³-hybridized carbons (Fsp3) is 0.118. The lowest BCUT2D eigenvalue weighted by Gasteiger charge is -2.11. The highest BCUT2D eigenvalue weighted by atomic mass is 16.5. The Kier molecular flexibility index (Phi) is 4.05. The minimum absolute atomic E-state index is 0.0966. The van der Waals surface area contributed by atoms with Gasteiger partial charge in [-0.05, 0) is 30.3 Å². The first kappa shape index (κ1) is 14.8. The molecule has 0 aromatic heterocycles. The maximum Gasteiger partial charge on any atom is 0.356 e. The third kappa shape index (κ3) is 3.21. The van der Waals surface area contributed by atoms with Crippen molar-refractivity contribution < 1.29 is 19.1 Å². The van der Waals surface area contributed by atoms with Gasteiger partial charge in [-0.2, -0.15) is 0 Å². The van der Waals surface area contributed by atoms with Crippen LogP contribution in [0.15, 0.2) is 53.5 Å². The molecular weight excluding hydrogens is 296 g/mol. The van der Waals surface area contributed by atoms with Crippen LogP contribution in [0.3, 0.4) is 0 Å². The number of amides is 1. The predicted molar refractivity (Wildman–Crippen MR) is 85.0 cm³/mol. The Balaban J connectivity index is 2.00. The topological polar surface area (TPSA) is 77.0 Å². The molecule has 6 nitrogen and oxygen atoms in total. The van der Waals surface area contributed by atoms with Crippen molar-refractivity contribution in [2.24, 2.45) is 4.99 Å². The van der Waals surface area contributed by atoms with E-state index >= 15 is 0 Å². The number of carbonyl (C=O) groups excluding carboxylic acids is 2. The number of nitrogens with one attached hydrogen (secondary N) is 1. The monoisotopic (exact) mass is 310 g/mol. The number of benzodiazepines with no additional fused rings is 1. The van der Waals surface area contributed by atoms with E-state index in [1.807, 2.05) is 30.3 Å². The number of rotatable bonds is 3. The quantitative estimate of drug-likeness (QED) is 0.883. The number of nitrogens with zero attached hydrogens (tertiary/aromatic N) is 1. The Labute approximate surface area is 132 Å². The van der Waals surface area contributed by atoms with Crippen molar-refractivity contribution in [2.75, 3.05) is 19.0 Å². The fourth-order valence-corrected chi connectivity index (χ4v) is 2.21. The van der Waals surface area contributed by atoms with Crippen LogP contribution < -0.4 is 10.1 Å². The van der Waals surface area contributed by atoms with Crippen LogP contribution in [0.2, 0.25) is 0 Å². The van der Waals surface area contributed by atoms with Crippen LogP contribution in [-0.4, -0.2) is 31.2 Å². The van der Waals surface area contributed by atoms with Crippen LogP contribution in [0.1, 0.15) is 5.56 Å². The third-order valence-corrected chi connectivity index (χ3v) is 3.26. The number of hydrogen-bond acceptors (Lipinski definition) is 5. The van der Waals surface area contributed by atoms with Crippen LogP contribution in [0, 0.1) is 0 Å². The van der Waals surface area contributed by atoms with Crippen LogP contribution >= 0.6 is 0 Å². The summed E-state index contributed by atoms with van der Waals surface area (Å²) in [5, 5.41) is 2.71. The zero-order valence-electron chi connectivity index (χ0n) is 12.4. The van der Waals surface area contributed by atoms with Gasteiger partial charge >= 0.3 is 5.97 Å². The molecule has 0 aliphatic carbocycles. The van der Waals surface area contributed by atoms with E-state index in [1.165, 1.54) is 7.11 Å². The number of ether oxygens (including phenoxy) is 2.